The van der Waals surface area contributed by atoms with Crippen LogP contribution in [0.25, 0.3) is 5.65 Å². The maximum atomic E-state index is 11.4. The lowest BCUT2D eigenvalue weighted by Crippen LogP contribution is -2.38. The predicted molar refractivity (Wildman–Crippen MR) is 71.2 cm³/mol. The Morgan fingerprint density at radius 2 is 2.22 bits per heavy atom. The number of nitrogens with zero attached hydrogens (tertiary/aromatic N) is 3. The van der Waals surface area contributed by atoms with Crippen molar-refractivity contribution >= 4 is 17.8 Å². The summed E-state index contributed by atoms with van der Waals surface area (Å²) in [6.45, 7) is 5.38. The Balaban J connectivity index is 2.20. The fourth-order valence-corrected chi connectivity index (χ4v) is 2.81. The highest BCUT2D eigenvalue weighted by Crippen LogP contribution is 2.34. The SMILES string of the molecule is CC1(C)CCCN1c1nc2ccccn2c1C=O. The van der Waals surface area contributed by atoms with Crippen LogP contribution in [-0.4, -0.2) is 27.8 Å². The molecule has 1 fully saturated rings. The number of pyridine rings is 1. The van der Waals surface area contributed by atoms with Gasteiger partial charge in [-0.3, -0.25) is 9.20 Å². The van der Waals surface area contributed by atoms with Crippen molar-refractivity contribution in [3.05, 3.63) is 30.1 Å². The zero-order chi connectivity index (χ0) is 12.8. The largest absolute Gasteiger partial charge is 0.350 e. The first-order valence-electron chi connectivity index (χ1n) is 6.33. The summed E-state index contributed by atoms with van der Waals surface area (Å²) in [5, 5.41) is 0. The smallest absolute Gasteiger partial charge is 0.170 e. The summed E-state index contributed by atoms with van der Waals surface area (Å²) in [5.41, 5.74) is 1.56. The van der Waals surface area contributed by atoms with Gasteiger partial charge in [0.1, 0.15) is 11.3 Å². The molecule has 0 radical (unpaired) electrons. The van der Waals surface area contributed by atoms with E-state index in [2.05, 4.69) is 23.7 Å². The van der Waals surface area contributed by atoms with Gasteiger partial charge in [-0.15, -0.1) is 0 Å². The summed E-state index contributed by atoms with van der Waals surface area (Å²) in [4.78, 5) is 18.3. The molecular weight excluding hydrogens is 226 g/mol. The lowest BCUT2D eigenvalue weighted by molar-refractivity contribution is 0.111. The lowest BCUT2D eigenvalue weighted by Gasteiger charge is -2.32. The number of carbonyl (C=O) groups is 1. The van der Waals surface area contributed by atoms with Gasteiger partial charge in [-0.25, -0.2) is 4.98 Å². The van der Waals surface area contributed by atoms with Crippen LogP contribution in [0.15, 0.2) is 24.4 Å². The maximum absolute atomic E-state index is 11.4. The summed E-state index contributed by atoms with van der Waals surface area (Å²) in [6, 6.07) is 5.79. The second kappa shape index (κ2) is 3.83. The van der Waals surface area contributed by atoms with Crippen molar-refractivity contribution in [2.45, 2.75) is 32.2 Å². The van der Waals surface area contributed by atoms with Crippen LogP contribution in [0, 0.1) is 0 Å². The Hall–Kier alpha value is -1.84. The molecule has 0 saturated carbocycles. The molecule has 0 aromatic carbocycles. The van der Waals surface area contributed by atoms with E-state index in [0.717, 1.165) is 37.1 Å². The van der Waals surface area contributed by atoms with Crippen LogP contribution in [0.3, 0.4) is 0 Å². The average molecular weight is 243 g/mol. The minimum Gasteiger partial charge on any atom is -0.350 e. The molecule has 3 rings (SSSR count). The first kappa shape index (κ1) is 11.3. The molecule has 1 saturated heterocycles. The highest BCUT2D eigenvalue weighted by molar-refractivity contribution is 5.83. The number of hydrogen-bond donors (Lipinski definition) is 0. The fourth-order valence-electron chi connectivity index (χ4n) is 2.81. The fraction of sp³-hybridized carbons (Fsp3) is 0.429. The molecule has 0 aliphatic carbocycles. The van der Waals surface area contributed by atoms with Crippen LogP contribution in [0.1, 0.15) is 37.2 Å². The Kier molecular flexibility index (Phi) is 2.40. The van der Waals surface area contributed by atoms with Crippen LogP contribution >= 0.6 is 0 Å². The number of aldehydes is 1. The van der Waals surface area contributed by atoms with Gasteiger partial charge in [-0.05, 0) is 38.8 Å². The molecule has 0 atom stereocenters. The maximum Gasteiger partial charge on any atom is 0.170 e. The molecule has 1 aliphatic heterocycles. The Labute approximate surface area is 106 Å². The van der Waals surface area contributed by atoms with Crippen LogP contribution in [0.5, 0.6) is 0 Å². The van der Waals surface area contributed by atoms with Gasteiger partial charge in [0.25, 0.3) is 0 Å². The normalized spacial score (nSPS) is 18.4. The van der Waals surface area contributed by atoms with Gasteiger partial charge in [-0.1, -0.05) is 6.07 Å². The number of aromatic nitrogens is 2. The Morgan fingerprint density at radius 1 is 1.39 bits per heavy atom. The van der Waals surface area contributed by atoms with Gasteiger partial charge in [0.05, 0.1) is 0 Å². The number of hydrogen-bond acceptors (Lipinski definition) is 3. The lowest BCUT2D eigenvalue weighted by atomic mass is 10.0. The van der Waals surface area contributed by atoms with E-state index in [1.807, 2.05) is 28.8 Å². The molecule has 0 bridgehead atoms. The zero-order valence-corrected chi connectivity index (χ0v) is 10.8. The van der Waals surface area contributed by atoms with E-state index in [1.54, 1.807) is 0 Å². The summed E-state index contributed by atoms with van der Waals surface area (Å²) >= 11 is 0. The summed E-state index contributed by atoms with van der Waals surface area (Å²) < 4.78 is 1.86. The van der Waals surface area contributed by atoms with Crippen LogP contribution in [0.2, 0.25) is 0 Å². The third kappa shape index (κ3) is 1.52. The molecule has 2 aromatic heterocycles. The van der Waals surface area contributed by atoms with Gasteiger partial charge < -0.3 is 4.90 Å². The van der Waals surface area contributed by atoms with Crippen molar-refractivity contribution in [2.75, 3.05) is 11.4 Å². The number of rotatable bonds is 2. The minimum absolute atomic E-state index is 0.0791. The van der Waals surface area contributed by atoms with E-state index in [4.69, 9.17) is 0 Å². The standard InChI is InChI=1S/C14H17N3O/c1-14(2)7-5-9-17(14)13-11(10-18)16-8-4-3-6-12(16)15-13/h3-4,6,8,10H,5,7,9H2,1-2H3. The average Bonchev–Trinajstić information content (AvgIpc) is 2.87. The second-order valence-electron chi connectivity index (χ2n) is 5.43. The van der Waals surface area contributed by atoms with Crippen molar-refractivity contribution < 1.29 is 4.79 Å². The third-order valence-corrected chi connectivity index (χ3v) is 3.82. The monoisotopic (exact) mass is 243 g/mol. The molecule has 4 nitrogen and oxygen atoms in total. The number of anilines is 1. The van der Waals surface area contributed by atoms with Crippen molar-refractivity contribution in [1.29, 1.82) is 0 Å². The Morgan fingerprint density at radius 3 is 2.89 bits per heavy atom. The molecule has 3 heterocycles. The molecule has 94 valence electrons. The molecule has 4 heteroatoms. The van der Waals surface area contributed by atoms with E-state index in [0.29, 0.717) is 5.69 Å². The summed E-state index contributed by atoms with van der Waals surface area (Å²) in [6.07, 6.45) is 5.08. The molecule has 1 aliphatic rings. The third-order valence-electron chi connectivity index (χ3n) is 3.82. The van der Waals surface area contributed by atoms with E-state index in [-0.39, 0.29) is 5.54 Å². The molecule has 2 aromatic rings. The molecule has 0 amide bonds. The first-order chi connectivity index (χ1) is 8.63. The topological polar surface area (TPSA) is 37.6 Å². The van der Waals surface area contributed by atoms with E-state index in [1.165, 1.54) is 0 Å². The van der Waals surface area contributed by atoms with Crippen LogP contribution in [0.4, 0.5) is 5.82 Å². The number of imidazole rings is 1. The van der Waals surface area contributed by atoms with E-state index >= 15 is 0 Å². The van der Waals surface area contributed by atoms with Gasteiger partial charge >= 0.3 is 0 Å². The van der Waals surface area contributed by atoms with Gasteiger partial charge in [0.15, 0.2) is 12.1 Å². The van der Waals surface area contributed by atoms with E-state index in [9.17, 15) is 4.79 Å². The van der Waals surface area contributed by atoms with Crippen LogP contribution in [-0.2, 0) is 0 Å². The van der Waals surface area contributed by atoms with Crippen molar-refractivity contribution in [3.63, 3.8) is 0 Å². The first-order valence-corrected chi connectivity index (χ1v) is 6.33. The van der Waals surface area contributed by atoms with Crippen molar-refractivity contribution in [1.82, 2.24) is 9.38 Å². The molecule has 0 N–H and O–H groups in total. The number of carbonyl (C=O) groups excluding carboxylic acids is 1. The predicted octanol–water partition coefficient (Wildman–Crippen LogP) is 2.53. The van der Waals surface area contributed by atoms with Gasteiger partial charge in [-0.2, -0.15) is 0 Å². The van der Waals surface area contributed by atoms with Gasteiger partial charge in [0.2, 0.25) is 0 Å². The minimum atomic E-state index is 0.0791. The molecule has 0 unspecified atom stereocenters. The quantitative estimate of drug-likeness (QED) is 0.761. The molecule has 0 spiro atoms. The highest BCUT2D eigenvalue weighted by atomic mass is 16.1. The van der Waals surface area contributed by atoms with Crippen LogP contribution < -0.4 is 4.90 Å². The van der Waals surface area contributed by atoms with Crippen molar-refractivity contribution in [2.24, 2.45) is 0 Å². The Bertz CT molecular complexity index is 600. The van der Waals surface area contributed by atoms with Gasteiger partial charge in [0, 0.05) is 18.3 Å². The number of fused-ring (bicyclic) bond motifs is 1. The van der Waals surface area contributed by atoms with Crippen molar-refractivity contribution in [3.8, 4) is 0 Å². The highest BCUT2D eigenvalue weighted by Gasteiger charge is 2.35. The summed E-state index contributed by atoms with van der Waals surface area (Å²) in [7, 11) is 0. The van der Waals surface area contributed by atoms with E-state index < -0.39 is 0 Å². The zero-order valence-electron chi connectivity index (χ0n) is 10.8. The summed E-state index contributed by atoms with van der Waals surface area (Å²) in [5.74, 6) is 0.818. The molecule has 18 heavy (non-hydrogen) atoms. The second-order valence-corrected chi connectivity index (χ2v) is 5.43. The molecular formula is C14H17N3O.